The fourth-order valence-corrected chi connectivity index (χ4v) is 3.42. The van der Waals surface area contributed by atoms with Crippen molar-refractivity contribution in [1.29, 1.82) is 0 Å². The van der Waals surface area contributed by atoms with Crippen LogP contribution in [0, 0.1) is 0 Å². The maximum Gasteiger partial charge on any atom is 0.157 e. The third-order valence-electron chi connectivity index (χ3n) is 4.94. The van der Waals surface area contributed by atoms with E-state index in [1.807, 2.05) is 12.1 Å². The van der Waals surface area contributed by atoms with Gasteiger partial charge in [0.15, 0.2) is 11.5 Å². The second kappa shape index (κ2) is 9.12. The average molecular weight is 380 g/mol. The second-order valence-electron chi connectivity index (χ2n) is 6.63. The van der Waals surface area contributed by atoms with Crippen LogP contribution in [0.3, 0.4) is 0 Å². The van der Waals surface area contributed by atoms with Crippen LogP contribution in [0.4, 0.5) is 0 Å². The van der Waals surface area contributed by atoms with Crippen LogP contribution in [0.1, 0.15) is 36.5 Å². The van der Waals surface area contributed by atoms with Crippen LogP contribution >= 0.6 is 12.4 Å². The fraction of sp³-hybridized carbons (Fsp3) is 0.400. The molecule has 142 valence electrons. The van der Waals surface area contributed by atoms with E-state index in [9.17, 15) is 15.3 Å². The Morgan fingerprint density at radius 2 is 1.81 bits per heavy atom. The molecule has 3 atom stereocenters. The summed E-state index contributed by atoms with van der Waals surface area (Å²) in [6.45, 7) is 0. The summed E-state index contributed by atoms with van der Waals surface area (Å²) in [6, 6.07) is 12.9. The van der Waals surface area contributed by atoms with Crippen LogP contribution < -0.4 is 10.1 Å². The van der Waals surface area contributed by atoms with Crippen LogP contribution in [-0.4, -0.2) is 34.5 Å². The highest BCUT2D eigenvalue weighted by Crippen LogP contribution is 2.32. The van der Waals surface area contributed by atoms with Crippen molar-refractivity contribution in [2.75, 3.05) is 7.11 Å². The highest BCUT2D eigenvalue weighted by Gasteiger charge is 2.30. The number of ether oxygens (including phenoxy) is 1. The molecular weight excluding hydrogens is 354 g/mol. The lowest BCUT2D eigenvalue weighted by Crippen LogP contribution is -2.34. The summed E-state index contributed by atoms with van der Waals surface area (Å²) < 4.78 is 5.17. The van der Waals surface area contributed by atoms with Crippen LogP contribution in [0.5, 0.6) is 17.2 Å². The number of methoxy groups -OCH3 is 1. The molecule has 6 heteroatoms. The van der Waals surface area contributed by atoms with Gasteiger partial charge in [-0.1, -0.05) is 18.2 Å². The van der Waals surface area contributed by atoms with Gasteiger partial charge in [0.2, 0.25) is 0 Å². The van der Waals surface area contributed by atoms with E-state index in [0.29, 0.717) is 11.6 Å². The molecule has 0 saturated carbocycles. The van der Waals surface area contributed by atoms with Gasteiger partial charge in [-0.3, -0.25) is 0 Å². The molecule has 1 heterocycles. The van der Waals surface area contributed by atoms with Crippen molar-refractivity contribution in [1.82, 2.24) is 5.32 Å². The molecule has 0 spiro atoms. The summed E-state index contributed by atoms with van der Waals surface area (Å²) >= 11 is 0. The van der Waals surface area contributed by atoms with E-state index in [1.54, 1.807) is 13.2 Å². The summed E-state index contributed by atoms with van der Waals surface area (Å²) in [4.78, 5) is 0. The van der Waals surface area contributed by atoms with Crippen LogP contribution in [-0.2, 0) is 6.42 Å². The smallest absolute Gasteiger partial charge is 0.157 e. The molecule has 0 radical (unpaired) electrons. The minimum atomic E-state index is -0.697. The molecule has 0 aromatic heterocycles. The number of aliphatic hydroxyl groups excluding tert-OH is 1. The molecule has 1 aliphatic rings. The van der Waals surface area contributed by atoms with Crippen molar-refractivity contribution >= 4 is 12.4 Å². The lowest BCUT2D eigenvalue weighted by Gasteiger charge is -2.21. The molecule has 26 heavy (non-hydrogen) atoms. The molecule has 0 amide bonds. The van der Waals surface area contributed by atoms with Gasteiger partial charge in [0.25, 0.3) is 0 Å². The van der Waals surface area contributed by atoms with Crippen molar-refractivity contribution in [2.45, 2.75) is 43.9 Å². The topological polar surface area (TPSA) is 82.0 Å². The summed E-state index contributed by atoms with van der Waals surface area (Å²) in [5.41, 5.74) is 1.89. The van der Waals surface area contributed by atoms with Gasteiger partial charge in [0.05, 0.1) is 13.2 Å². The maximum atomic E-state index is 10.5. The number of hydrogen-bond acceptors (Lipinski definition) is 5. The predicted octanol–water partition coefficient (Wildman–Crippen LogP) is 3.32. The minimum absolute atomic E-state index is 0. The number of aliphatic hydroxyl groups is 1. The van der Waals surface area contributed by atoms with E-state index >= 15 is 0 Å². The summed E-state index contributed by atoms with van der Waals surface area (Å²) in [5.74, 6) is 0.487. The van der Waals surface area contributed by atoms with Crippen molar-refractivity contribution in [2.24, 2.45) is 0 Å². The largest absolute Gasteiger partial charge is 0.504 e. The van der Waals surface area contributed by atoms with Gasteiger partial charge in [-0.05, 0) is 61.1 Å². The molecular formula is C20H26ClNO4. The Morgan fingerprint density at radius 1 is 1.08 bits per heavy atom. The molecule has 0 bridgehead atoms. The Morgan fingerprint density at radius 3 is 2.46 bits per heavy atom. The Kier molecular flexibility index (Phi) is 7.14. The highest BCUT2D eigenvalue weighted by atomic mass is 35.5. The molecule has 4 N–H and O–H groups in total. The molecule has 1 aliphatic heterocycles. The number of hydrogen-bond donors (Lipinski definition) is 4. The van der Waals surface area contributed by atoms with Gasteiger partial charge in [-0.2, -0.15) is 0 Å². The Hall–Kier alpha value is -1.95. The van der Waals surface area contributed by atoms with Crippen molar-refractivity contribution in [3.8, 4) is 17.2 Å². The minimum Gasteiger partial charge on any atom is -0.504 e. The maximum absolute atomic E-state index is 10.5. The first kappa shape index (κ1) is 20.4. The summed E-state index contributed by atoms with van der Waals surface area (Å²) in [7, 11) is 1.66. The molecule has 2 aromatic carbocycles. The van der Waals surface area contributed by atoms with E-state index in [4.69, 9.17) is 4.74 Å². The zero-order chi connectivity index (χ0) is 17.8. The van der Waals surface area contributed by atoms with Gasteiger partial charge >= 0.3 is 0 Å². The van der Waals surface area contributed by atoms with Gasteiger partial charge in [-0.25, -0.2) is 0 Å². The normalized spacial score (nSPS) is 20.4. The lowest BCUT2D eigenvalue weighted by atomic mass is 10.0. The first-order valence-electron chi connectivity index (χ1n) is 8.65. The molecule has 1 fully saturated rings. The zero-order valence-electron chi connectivity index (χ0n) is 14.8. The predicted molar refractivity (Wildman–Crippen MR) is 103 cm³/mol. The standard InChI is InChI=1S/C20H25NO4.ClH/c1-25-16-8-3-13(4-9-16)2-6-15-7-10-17(21-15)20(24)14-5-11-18(22)19(23)12-14;/h3-5,8-9,11-12,15,17,20-24H,2,6-7,10H2,1H3;1H. The first-order chi connectivity index (χ1) is 12.1. The molecule has 3 unspecified atom stereocenters. The van der Waals surface area contributed by atoms with Crippen molar-refractivity contribution < 1.29 is 20.1 Å². The van der Waals surface area contributed by atoms with Crippen molar-refractivity contribution in [3.63, 3.8) is 0 Å². The SMILES string of the molecule is COc1ccc(CCC2CCC(C(O)c3ccc(O)c(O)c3)N2)cc1.Cl. The van der Waals surface area contributed by atoms with Crippen LogP contribution in [0.15, 0.2) is 42.5 Å². The summed E-state index contributed by atoms with van der Waals surface area (Å²) in [6.07, 6.45) is 3.19. The Labute approximate surface area is 160 Å². The number of halogens is 1. The number of aryl methyl sites for hydroxylation is 1. The second-order valence-corrected chi connectivity index (χ2v) is 6.63. The average Bonchev–Trinajstić information content (AvgIpc) is 3.11. The first-order valence-corrected chi connectivity index (χ1v) is 8.65. The number of phenols is 2. The van der Waals surface area contributed by atoms with Gasteiger partial charge in [0, 0.05) is 12.1 Å². The fourth-order valence-electron chi connectivity index (χ4n) is 3.42. The molecule has 5 nitrogen and oxygen atoms in total. The zero-order valence-corrected chi connectivity index (χ0v) is 15.6. The quantitative estimate of drug-likeness (QED) is 0.579. The van der Waals surface area contributed by atoms with E-state index < -0.39 is 6.10 Å². The van der Waals surface area contributed by atoms with E-state index in [2.05, 4.69) is 17.4 Å². The Bertz CT molecular complexity index is 707. The third kappa shape index (κ3) is 4.81. The molecule has 0 aliphatic carbocycles. The van der Waals surface area contributed by atoms with Crippen LogP contribution in [0.25, 0.3) is 0 Å². The van der Waals surface area contributed by atoms with Gasteiger partial charge in [-0.15, -0.1) is 12.4 Å². The molecule has 3 rings (SSSR count). The monoisotopic (exact) mass is 379 g/mol. The number of nitrogens with one attached hydrogen (secondary N) is 1. The third-order valence-corrected chi connectivity index (χ3v) is 4.94. The van der Waals surface area contributed by atoms with Crippen molar-refractivity contribution in [3.05, 3.63) is 53.6 Å². The summed E-state index contributed by atoms with van der Waals surface area (Å²) in [5, 5.41) is 33.0. The van der Waals surface area contributed by atoms with E-state index in [1.165, 1.54) is 17.7 Å². The lowest BCUT2D eigenvalue weighted by molar-refractivity contribution is 0.134. The molecule has 1 saturated heterocycles. The van der Waals surface area contributed by atoms with E-state index in [-0.39, 0.29) is 29.9 Å². The van der Waals surface area contributed by atoms with Gasteiger partial charge in [0.1, 0.15) is 5.75 Å². The van der Waals surface area contributed by atoms with Gasteiger partial charge < -0.3 is 25.4 Å². The highest BCUT2D eigenvalue weighted by molar-refractivity contribution is 5.85. The molecule has 2 aromatic rings. The van der Waals surface area contributed by atoms with Crippen LogP contribution in [0.2, 0.25) is 0 Å². The number of phenolic OH excluding ortho intramolecular Hbond substituents is 2. The number of rotatable bonds is 6. The Balaban J connectivity index is 0.00000243. The number of benzene rings is 2. The van der Waals surface area contributed by atoms with E-state index in [0.717, 1.165) is 31.4 Å². The number of aromatic hydroxyl groups is 2.